The Bertz CT molecular complexity index is 418. The molecular weight excluding hydrogens is 254 g/mol. The van der Waals surface area contributed by atoms with E-state index in [1.165, 1.54) is 38.5 Å². The highest BCUT2D eigenvalue weighted by atomic mass is 16.5. The Labute approximate surface area is 120 Å². The maximum atomic E-state index is 6.32. The van der Waals surface area contributed by atoms with Crippen LogP contribution >= 0.6 is 0 Å². The van der Waals surface area contributed by atoms with Crippen molar-refractivity contribution in [2.75, 3.05) is 14.2 Å². The third kappa shape index (κ3) is 3.82. The summed E-state index contributed by atoms with van der Waals surface area (Å²) in [4.78, 5) is 8.63. The van der Waals surface area contributed by atoms with Gasteiger partial charge in [-0.2, -0.15) is 4.98 Å². The molecule has 0 aromatic carbocycles. The van der Waals surface area contributed by atoms with Gasteiger partial charge in [-0.3, -0.25) is 0 Å². The van der Waals surface area contributed by atoms with Gasteiger partial charge >= 0.3 is 0 Å². The van der Waals surface area contributed by atoms with Gasteiger partial charge in [0.15, 0.2) is 0 Å². The predicted octanol–water partition coefficient (Wildman–Crippen LogP) is 2.85. The molecule has 20 heavy (non-hydrogen) atoms. The monoisotopic (exact) mass is 279 g/mol. The first-order chi connectivity index (χ1) is 9.74. The van der Waals surface area contributed by atoms with Crippen molar-refractivity contribution in [2.45, 2.75) is 51.0 Å². The van der Waals surface area contributed by atoms with Crippen LogP contribution < -0.4 is 15.2 Å². The van der Waals surface area contributed by atoms with E-state index < -0.39 is 0 Å². The lowest BCUT2D eigenvalue weighted by Crippen LogP contribution is -2.18. The van der Waals surface area contributed by atoms with E-state index in [1.54, 1.807) is 20.4 Å². The predicted molar refractivity (Wildman–Crippen MR) is 77.9 cm³/mol. The van der Waals surface area contributed by atoms with E-state index in [4.69, 9.17) is 15.2 Å². The lowest BCUT2D eigenvalue weighted by Gasteiger charge is -2.20. The molecule has 1 fully saturated rings. The fraction of sp³-hybridized carbons (Fsp3) is 0.733. The van der Waals surface area contributed by atoms with Gasteiger partial charge in [-0.15, -0.1) is 0 Å². The summed E-state index contributed by atoms with van der Waals surface area (Å²) < 4.78 is 10.4. The maximum Gasteiger partial charge on any atom is 0.240 e. The highest BCUT2D eigenvalue weighted by Crippen LogP contribution is 2.32. The topological polar surface area (TPSA) is 70.3 Å². The van der Waals surface area contributed by atoms with Crippen LogP contribution in [0.5, 0.6) is 11.8 Å². The maximum absolute atomic E-state index is 6.32. The molecule has 0 radical (unpaired) electrons. The van der Waals surface area contributed by atoms with E-state index in [9.17, 15) is 0 Å². The molecule has 1 aromatic heterocycles. The molecule has 0 spiro atoms. The van der Waals surface area contributed by atoms with Gasteiger partial charge in [-0.1, -0.05) is 38.5 Å². The smallest absolute Gasteiger partial charge is 0.240 e. The number of nitrogens with zero attached hydrogens (tertiary/aromatic N) is 2. The Kier molecular flexibility index (Phi) is 5.59. The molecule has 1 saturated carbocycles. The van der Waals surface area contributed by atoms with Crippen molar-refractivity contribution in [3.63, 3.8) is 0 Å². The Morgan fingerprint density at radius 3 is 2.50 bits per heavy atom. The molecule has 0 bridgehead atoms. The lowest BCUT2D eigenvalue weighted by molar-refractivity contribution is 0.342. The molecular formula is C15H25N3O2. The van der Waals surface area contributed by atoms with E-state index in [0.717, 1.165) is 12.1 Å². The zero-order valence-electron chi connectivity index (χ0n) is 12.5. The number of hydrogen-bond donors (Lipinski definition) is 1. The van der Waals surface area contributed by atoms with Gasteiger partial charge in [0.25, 0.3) is 0 Å². The summed E-state index contributed by atoms with van der Waals surface area (Å²) >= 11 is 0. The minimum absolute atomic E-state index is 0.119. The van der Waals surface area contributed by atoms with Crippen LogP contribution in [0.3, 0.4) is 0 Å². The molecule has 1 heterocycles. The first-order valence-corrected chi connectivity index (χ1v) is 7.45. The molecule has 1 aliphatic carbocycles. The summed E-state index contributed by atoms with van der Waals surface area (Å²) in [5.41, 5.74) is 7.06. The fourth-order valence-electron chi connectivity index (χ4n) is 2.94. The normalized spacial score (nSPS) is 18.4. The van der Waals surface area contributed by atoms with Crippen LogP contribution in [0.1, 0.15) is 56.7 Å². The van der Waals surface area contributed by atoms with Crippen molar-refractivity contribution in [1.82, 2.24) is 9.97 Å². The number of nitrogens with two attached hydrogens (primary N) is 1. The summed E-state index contributed by atoms with van der Waals surface area (Å²) in [6.07, 6.45) is 10.5. The Morgan fingerprint density at radius 2 is 1.90 bits per heavy atom. The molecule has 0 amide bonds. The summed E-state index contributed by atoms with van der Waals surface area (Å²) in [7, 11) is 3.15. The van der Waals surface area contributed by atoms with Crippen LogP contribution in [0.2, 0.25) is 0 Å². The second-order valence-electron chi connectivity index (χ2n) is 5.51. The Hall–Kier alpha value is -1.36. The van der Waals surface area contributed by atoms with Gasteiger partial charge in [-0.25, -0.2) is 4.98 Å². The van der Waals surface area contributed by atoms with E-state index >= 15 is 0 Å². The molecule has 1 unspecified atom stereocenters. The van der Waals surface area contributed by atoms with Crippen molar-refractivity contribution < 1.29 is 9.47 Å². The molecule has 0 saturated heterocycles. The molecule has 1 atom stereocenters. The molecule has 5 nitrogen and oxygen atoms in total. The Balaban J connectivity index is 2.05. The number of aromatic nitrogens is 2. The number of methoxy groups -OCH3 is 2. The minimum atomic E-state index is -0.119. The first kappa shape index (κ1) is 15.0. The molecule has 2 N–H and O–H groups in total. The third-order valence-corrected chi connectivity index (χ3v) is 4.06. The van der Waals surface area contributed by atoms with Crippen molar-refractivity contribution in [3.8, 4) is 11.8 Å². The van der Waals surface area contributed by atoms with Crippen molar-refractivity contribution in [2.24, 2.45) is 11.7 Å². The summed E-state index contributed by atoms with van der Waals surface area (Å²) in [6.45, 7) is 0. The molecule has 0 aliphatic heterocycles. The lowest BCUT2D eigenvalue weighted by atomic mass is 9.92. The van der Waals surface area contributed by atoms with Crippen LogP contribution in [0.15, 0.2) is 6.20 Å². The highest BCUT2D eigenvalue weighted by Gasteiger charge is 2.21. The second kappa shape index (κ2) is 7.43. The zero-order valence-corrected chi connectivity index (χ0v) is 12.5. The average Bonchev–Trinajstić information content (AvgIpc) is 2.75. The van der Waals surface area contributed by atoms with Crippen LogP contribution in [0, 0.1) is 5.92 Å². The number of rotatable bonds is 5. The van der Waals surface area contributed by atoms with E-state index in [0.29, 0.717) is 17.7 Å². The van der Waals surface area contributed by atoms with E-state index in [-0.39, 0.29) is 6.04 Å². The van der Waals surface area contributed by atoms with Crippen molar-refractivity contribution >= 4 is 0 Å². The van der Waals surface area contributed by atoms with Crippen LogP contribution in [0.4, 0.5) is 0 Å². The van der Waals surface area contributed by atoms with Gasteiger partial charge in [0.1, 0.15) is 5.69 Å². The molecule has 112 valence electrons. The molecule has 5 heteroatoms. The summed E-state index contributed by atoms with van der Waals surface area (Å²) in [6, 6.07) is -0.119. The standard InChI is InChI=1S/C15H25N3O2/c1-19-13-10-17-14(15(18-13)20-2)12(16)9-11-7-5-3-4-6-8-11/h10-12H,3-9,16H2,1-2H3. The Morgan fingerprint density at radius 1 is 1.20 bits per heavy atom. The SMILES string of the molecule is COc1cnc(C(N)CC2CCCCCC2)c(OC)n1. The van der Waals surface area contributed by atoms with Gasteiger partial charge < -0.3 is 15.2 Å². The van der Waals surface area contributed by atoms with Crippen LogP contribution in [0.25, 0.3) is 0 Å². The average molecular weight is 279 g/mol. The minimum Gasteiger partial charge on any atom is -0.480 e. The highest BCUT2D eigenvalue weighted by molar-refractivity contribution is 5.25. The molecule has 2 rings (SSSR count). The van der Waals surface area contributed by atoms with Gasteiger partial charge in [0, 0.05) is 0 Å². The van der Waals surface area contributed by atoms with E-state index in [1.807, 2.05) is 0 Å². The van der Waals surface area contributed by atoms with Crippen LogP contribution in [-0.4, -0.2) is 24.2 Å². The largest absolute Gasteiger partial charge is 0.480 e. The van der Waals surface area contributed by atoms with Gasteiger partial charge in [-0.05, 0) is 12.3 Å². The molecule has 1 aromatic rings. The van der Waals surface area contributed by atoms with Crippen LogP contribution in [-0.2, 0) is 0 Å². The van der Waals surface area contributed by atoms with Gasteiger partial charge in [0.05, 0.1) is 26.5 Å². The molecule has 1 aliphatic rings. The third-order valence-electron chi connectivity index (χ3n) is 4.06. The number of hydrogen-bond acceptors (Lipinski definition) is 5. The summed E-state index contributed by atoms with van der Waals surface area (Å²) in [5, 5.41) is 0. The quantitative estimate of drug-likeness (QED) is 0.839. The van der Waals surface area contributed by atoms with E-state index in [2.05, 4.69) is 9.97 Å². The fourth-order valence-corrected chi connectivity index (χ4v) is 2.94. The van der Waals surface area contributed by atoms with Gasteiger partial charge in [0.2, 0.25) is 11.8 Å². The summed E-state index contributed by atoms with van der Waals surface area (Å²) in [5.74, 6) is 1.62. The second-order valence-corrected chi connectivity index (χ2v) is 5.51. The number of ether oxygens (including phenoxy) is 2. The van der Waals surface area contributed by atoms with Crippen molar-refractivity contribution in [3.05, 3.63) is 11.9 Å². The zero-order chi connectivity index (χ0) is 14.4. The van der Waals surface area contributed by atoms with Crippen molar-refractivity contribution in [1.29, 1.82) is 0 Å². The first-order valence-electron chi connectivity index (χ1n) is 7.45.